The minimum absolute atomic E-state index is 0.0809. The van der Waals surface area contributed by atoms with E-state index in [0.717, 1.165) is 12.1 Å². The second kappa shape index (κ2) is 7.36. The Morgan fingerprint density at radius 2 is 2.00 bits per heavy atom. The molecular formula is C15H21F2NO3. The lowest BCUT2D eigenvalue weighted by molar-refractivity contribution is -0.148. The smallest absolute Gasteiger partial charge is 0.325 e. The molecule has 21 heavy (non-hydrogen) atoms. The van der Waals surface area contributed by atoms with Crippen LogP contribution in [0.15, 0.2) is 18.2 Å². The van der Waals surface area contributed by atoms with E-state index in [1.54, 1.807) is 6.92 Å². The molecule has 1 N–H and O–H groups in total. The van der Waals surface area contributed by atoms with Crippen molar-refractivity contribution in [1.29, 1.82) is 0 Å². The molecule has 1 atom stereocenters. The van der Waals surface area contributed by atoms with Crippen LogP contribution in [-0.4, -0.2) is 31.3 Å². The van der Waals surface area contributed by atoms with Gasteiger partial charge in [0.05, 0.1) is 13.7 Å². The first-order valence-electron chi connectivity index (χ1n) is 6.72. The number of carbonyl (C=O) groups excluding carboxylic acids is 1. The molecule has 0 aliphatic carbocycles. The molecule has 1 aromatic rings. The number of nitrogens with one attached hydrogen (secondary N) is 1. The third-order valence-electron chi connectivity index (χ3n) is 3.01. The first-order valence-corrected chi connectivity index (χ1v) is 6.72. The summed E-state index contributed by atoms with van der Waals surface area (Å²) in [7, 11) is 1.32. The van der Waals surface area contributed by atoms with Gasteiger partial charge in [0, 0.05) is 18.5 Å². The molecule has 1 unspecified atom stereocenters. The second-order valence-corrected chi connectivity index (χ2v) is 5.30. The lowest BCUT2D eigenvalue weighted by Gasteiger charge is -2.30. The van der Waals surface area contributed by atoms with Gasteiger partial charge in [0.2, 0.25) is 0 Å². The van der Waals surface area contributed by atoms with Crippen LogP contribution in [0.4, 0.5) is 8.78 Å². The van der Waals surface area contributed by atoms with Crippen LogP contribution >= 0.6 is 0 Å². The Bertz CT molecular complexity index is 494. The fourth-order valence-corrected chi connectivity index (χ4v) is 2.04. The number of carbonyl (C=O) groups is 1. The molecule has 118 valence electrons. The molecule has 0 aromatic heterocycles. The van der Waals surface area contributed by atoms with Gasteiger partial charge in [0.1, 0.15) is 11.3 Å². The molecule has 1 aromatic carbocycles. The zero-order valence-corrected chi connectivity index (χ0v) is 12.7. The van der Waals surface area contributed by atoms with Crippen LogP contribution in [0, 0.1) is 11.6 Å². The number of methoxy groups -OCH3 is 1. The summed E-state index contributed by atoms with van der Waals surface area (Å²) in [6, 6.07) is 3.39. The summed E-state index contributed by atoms with van der Waals surface area (Å²) in [5.41, 5.74) is -0.901. The number of ether oxygens (including phenoxy) is 2. The monoisotopic (exact) mass is 301 g/mol. The van der Waals surface area contributed by atoms with E-state index >= 15 is 0 Å². The van der Waals surface area contributed by atoms with Gasteiger partial charge >= 0.3 is 5.97 Å². The van der Waals surface area contributed by atoms with E-state index in [2.05, 4.69) is 5.32 Å². The van der Waals surface area contributed by atoms with E-state index in [9.17, 15) is 13.6 Å². The van der Waals surface area contributed by atoms with Crippen molar-refractivity contribution in [1.82, 2.24) is 5.32 Å². The highest BCUT2D eigenvalue weighted by molar-refractivity contribution is 5.80. The number of benzene rings is 1. The highest BCUT2D eigenvalue weighted by Crippen LogP contribution is 2.18. The van der Waals surface area contributed by atoms with Crippen molar-refractivity contribution < 1.29 is 23.0 Å². The summed E-state index contributed by atoms with van der Waals surface area (Å²) in [5, 5.41) is 3.13. The minimum atomic E-state index is -0.969. The summed E-state index contributed by atoms with van der Waals surface area (Å²) in [4.78, 5) is 11.9. The fourth-order valence-electron chi connectivity index (χ4n) is 2.04. The lowest BCUT2D eigenvalue weighted by atomic mass is 9.97. The maximum atomic E-state index is 13.1. The van der Waals surface area contributed by atoms with Crippen molar-refractivity contribution in [2.24, 2.45) is 0 Å². The summed E-state index contributed by atoms with van der Waals surface area (Å²) in [5.74, 6) is -2.08. The van der Waals surface area contributed by atoms with Crippen molar-refractivity contribution in [3.8, 4) is 5.75 Å². The van der Waals surface area contributed by atoms with Gasteiger partial charge in [0.25, 0.3) is 0 Å². The van der Waals surface area contributed by atoms with Gasteiger partial charge in [0.15, 0.2) is 11.6 Å². The third kappa shape index (κ3) is 4.97. The second-order valence-electron chi connectivity index (χ2n) is 5.30. The molecular weight excluding hydrogens is 280 g/mol. The fraction of sp³-hybridized carbons (Fsp3) is 0.533. The van der Waals surface area contributed by atoms with Gasteiger partial charge < -0.3 is 9.47 Å². The van der Waals surface area contributed by atoms with Gasteiger partial charge in [-0.05, 0) is 32.9 Å². The van der Waals surface area contributed by atoms with Crippen LogP contribution in [-0.2, 0) is 9.53 Å². The molecule has 0 aliphatic rings. The Labute approximate surface area is 123 Å². The third-order valence-corrected chi connectivity index (χ3v) is 3.01. The molecule has 0 saturated heterocycles. The quantitative estimate of drug-likeness (QED) is 0.787. The van der Waals surface area contributed by atoms with E-state index in [0.29, 0.717) is 6.42 Å². The summed E-state index contributed by atoms with van der Waals surface area (Å²) in [6.45, 7) is 5.71. The zero-order valence-electron chi connectivity index (χ0n) is 12.7. The summed E-state index contributed by atoms with van der Waals surface area (Å²) < 4.78 is 36.0. The predicted molar refractivity (Wildman–Crippen MR) is 75.2 cm³/mol. The van der Waals surface area contributed by atoms with Gasteiger partial charge in [-0.25, -0.2) is 8.78 Å². The van der Waals surface area contributed by atoms with Crippen LogP contribution in [0.5, 0.6) is 5.75 Å². The largest absolute Gasteiger partial charge is 0.493 e. The molecule has 0 spiro atoms. The number of rotatable bonds is 7. The van der Waals surface area contributed by atoms with E-state index in [1.807, 2.05) is 13.8 Å². The summed E-state index contributed by atoms with van der Waals surface area (Å²) in [6.07, 6.45) is 0.330. The zero-order chi connectivity index (χ0) is 16.0. The van der Waals surface area contributed by atoms with Gasteiger partial charge in [-0.15, -0.1) is 0 Å². The van der Waals surface area contributed by atoms with Crippen molar-refractivity contribution in [3.63, 3.8) is 0 Å². The van der Waals surface area contributed by atoms with Crippen molar-refractivity contribution >= 4 is 5.97 Å². The molecule has 0 bridgehead atoms. The van der Waals surface area contributed by atoms with E-state index < -0.39 is 23.1 Å². The molecule has 0 saturated carbocycles. The Balaban J connectivity index is 2.64. The molecule has 0 aliphatic heterocycles. The molecule has 1 rings (SSSR count). The van der Waals surface area contributed by atoms with Crippen LogP contribution in [0.1, 0.15) is 27.2 Å². The van der Waals surface area contributed by atoms with Crippen molar-refractivity contribution in [2.75, 3.05) is 13.7 Å². The first kappa shape index (κ1) is 17.4. The molecule has 4 nitrogen and oxygen atoms in total. The maximum absolute atomic E-state index is 13.1. The predicted octanol–water partition coefficient (Wildman–Crippen LogP) is 2.66. The number of halogens is 2. The average molecular weight is 301 g/mol. The minimum Gasteiger partial charge on any atom is -0.493 e. The molecule has 0 fully saturated rings. The first-order chi connectivity index (χ1) is 9.78. The normalized spacial score (nSPS) is 13.9. The SMILES string of the molecule is COC(=O)C(C)(CCOc1ccc(F)c(F)c1)NC(C)C. The molecule has 0 radical (unpaired) electrons. The van der Waals surface area contributed by atoms with Gasteiger partial charge in [-0.2, -0.15) is 0 Å². The average Bonchev–Trinajstić information content (AvgIpc) is 2.41. The molecule has 6 heteroatoms. The molecule has 0 amide bonds. The van der Waals surface area contributed by atoms with Crippen molar-refractivity contribution in [2.45, 2.75) is 38.8 Å². The Morgan fingerprint density at radius 3 is 2.52 bits per heavy atom. The number of hydrogen-bond donors (Lipinski definition) is 1. The highest BCUT2D eigenvalue weighted by atomic mass is 19.2. The van der Waals surface area contributed by atoms with Crippen molar-refractivity contribution in [3.05, 3.63) is 29.8 Å². The standard InChI is InChI=1S/C15H21F2NO3/c1-10(2)18-15(3,14(19)20-4)7-8-21-11-5-6-12(16)13(17)9-11/h5-6,9-10,18H,7-8H2,1-4H3. The van der Waals surface area contributed by atoms with Crippen LogP contribution in [0.3, 0.4) is 0 Å². The Morgan fingerprint density at radius 1 is 1.33 bits per heavy atom. The summed E-state index contributed by atoms with van der Waals surface area (Å²) >= 11 is 0. The van der Waals surface area contributed by atoms with Crippen LogP contribution in [0.25, 0.3) is 0 Å². The molecule has 0 heterocycles. The van der Waals surface area contributed by atoms with E-state index in [4.69, 9.17) is 9.47 Å². The maximum Gasteiger partial charge on any atom is 0.325 e. The van der Waals surface area contributed by atoms with E-state index in [1.165, 1.54) is 13.2 Å². The van der Waals surface area contributed by atoms with Gasteiger partial charge in [-0.3, -0.25) is 10.1 Å². The lowest BCUT2D eigenvalue weighted by Crippen LogP contribution is -2.53. The Hall–Kier alpha value is -1.69. The van der Waals surface area contributed by atoms with E-state index in [-0.39, 0.29) is 18.4 Å². The number of hydrogen-bond acceptors (Lipinski definition) is 4. The number of esters is 1. The van der Waals surface area contributed by atoms with Gasteiger partial charge in [-0.1, -0.05) is 0 Å². The van der Waals surface area contributed by atoms with Crippen LogP contribution < -0.4 is 10.1 Å². The Kier molecular flexibility index (Phi) is 6.08. The highest BCUT2D eigenvalue weighted by Gasteiger charge is 2.34. The topological polar surface area (TPSA) is 47.6 Å². The van der Waals surface area contributed by atoms with Crippen LogP contribution in [0.2, 0.25) is 0 Å².